The third kappa shape index (κ3) is 1.97. The first-order valence-electron chi connectivity index (χ1n) is 5.82. The summed E-state index contributed by atoms with van der Waals surface area (Å²) in [6.07, 6.45) is 1.60. The molecule has 0 fully saturated rings. The van der Waals surface area contributed by atoms with Crippen molar-refractivity contribution >= 4 is 12.1 Å². The molecule has 96 valence electrons. The summed E-state index contributed by atoms with van der Waals surface area (Å²) in [5, 5.41) is 15.8. The van der Waals surface area contributed by atoms with Crippen molar-refractivity contribution in [2.45, 2.75) is 25.5 Å². The molecule has 0 aromatic heterocycles. The highest BCUT2D eigenvalue weighted by atomic mass is 16.5. The molecule has 0 saturated carbocycles. The minimum absolute atomic E-state index is 0.342. The summed E-state index contributed by atoms with van der Waals surface area (Å²) in [7, 11) is 1.58. The van der Waals surface area contributed by atoms with Crippen LogP contribution in [0.4, 0.5) is 0 Å². The van der Waals surface area contributed by atoms with Gasteiger partial charge in [-0.15, -0.1) is 0 Å². The van der Waals surface area contributed by atoms with E-state index in [1.54, 1.807) is 31.4 Å². The normalized spacial score (nSPS) is 22.8. The molecule has 1 aromatic carbocycles. The quantitative estimate of drug-likeness (QED) is 0.821. The second kappa shape index (κ2) is 4.78. The number of carbonyl (C=O) groups is 1. The van der Waals surface area contributed by atoms with Crippen molar-refractivity contribution in [2.75, 3.05) is 7.11 Å². The second-order valence-electron chi connectivity index (χ2n) is 4.19. The molecule has 0 saturated heterocycles. The SMILES string of the molecule is CCC1=NN(C=O)[C@@](O)(c2ccc(OC)cc2)C1. The Morgan fingerprint density at radius 3 is 2.67 bits per heavy atom. The van der Waals surface area contributed by atoms with Gasteiger partial charge in [-0.1, -0.05) is 19.1 Å². The van der Waals surface area contributed by atoms with E-state index in [0.29, 0.717) is 30.6 Å². The van der Waals surface area contributed by atoms with E-state index in [1.165, 1.54) is 0 Å². The molecule has 0 unspecified atom stereocenters. The van der Waals surface area contributed by atoms with Gasteiger partial charge < -0.3 is 9.84 Å². The van der Waals surface area contributed by atoms with E-state index >= 15 is 0 Å². The smallest absolute Gasteiger partial charge is 0.232 e. The molecule has 1 N–H and O–H groups in total. The molecular weight excluding hydrogens is 232 g/mol. The zero-order chi connectivity index (χ0) is 13.2. The van der Waals surface area contributed by atoms with Crippen LogP contribution in [-0.2, 0) is 10.5 Å². The molecule has 5 heteroatoms. The van der Waals surface area contributed by atoms with Crippen LogP contribution in [0.1, 0.15) is 25.3 Å². The molecular formula is C13H16N2O3. The van der Waals surface area contributed by atoms with Gasteiger partial charge in [0, 0.05) is 17.7 Å². The van der Waals surface area contributed by atoms with Gasteiger partial charge in [-0.05, 0) is 18.6 Å². The molecule has 1 atom stereocenters. The third-order valence-corrected chi connectivity index (χ3v) is 3.14. The molecule has 0 radical (unpaired) electrons. The van der Waals surface area contributed by atoms with E-state index in [-0.39, 0.29) is 0 Å². The van der Waals surface area contributed by atoms with Crippen LogP contribution < -0.4 is 4.74 Å². The number of benzene rings is 1. The average Bonchev–Trinajstić information content (AvgIpc) is 2.76. The Balaban J connectivity index is 2.33. The maximum atomic E-state index is 11.0. The topological polar surface area (TPSA) is 62.1 Å². The number of amides is 1. The van der Waals surface area contributed by atoms with Gasteiger partial charge in [-0.25, -0.2) is 0 Å². The van der Waals surface area contributed by atoms with Crippen molar-refractivity contribution in [1.82, 2.24) is 5.01 Å². The van der Waals surface area contributed by atoms with Gasteiger partial charge in [0.05, 0.1) is 7.11 Å². The van der Waals surface area contributed by atoms with Crippen molar-refractivity contribution in [1.29, 1.82) is 0 Å². The Morgan fingerprint density at radius 2 is 2.17 bits per heavy atom. The standard InChI is InChI=1S/C13H16N2O3/c1-3-11-8-13(17,15(9-16)14-11)10-4-6-12(18-2)7-5-10/h4-7,9,17H,3,8H2,1-2H3/t13-/m0/s1. The fourth-order valence-corrected chi connectivity index (χ4v) is 2.03. The highest BCUT2D eigenvalue weighted by molar-refractivity contribution is 5.87. The summed E-state index contributed by atoms with van der Waals surface area (Å²) in [5.41, 5.74) is 0.0577. The minimum atomic E-state index is -1.38. The van der Waals surface area contributed by atoms with Crippen LogP contribution in [0, 0.1) is 0 Å². The Bertz CT molecular complexity index is 470. The van der Waals surface area contributed by atoms with E-state index in [9.17, 15) is 9.90 Å². The molecule has 1 aliphatic rings. The average molecular weight is 248 g/mol. The number of aliphatic hydroxyl groups is 1. The van der Waals surface area contributed by atoms with Gasteiger partial charge >= 0.3 is 0 Å². The van der Waals surface area contributed by atoms with Crippen LogP contribution in [0.15, 0.2) is 29.4 Å². The monoisotopic (exact) mass is 248 g/mol. The van der Waals surface area contributed by atoms with Gasteiger partial charge in [0.1, 0.15) is 5.75 Å². The summed E-state index contributed by atoms with van der Waals surface area (Å²) < 4.78 is 5.07. The summed E-state index contributed by atoms with van der Waals surface area (Å²) in [4.78, 5) is 11.0. The molecule has 1 aromatic rings. The first kappa shape index (κ1) is 12.6. The number of carbonyl (C=O) groups excluding carboxylic acids is 1. The van der Waals surface area contributed by atoms with Gasteiger partial charge in [-0.3, -0.25) is 4.79 Å². The second-order valence-corrected chi connectivity index (χ2v) is 4.19. The van der Waals surface area contributed by atoms with Crippen molar-refractivity contribution in [2.24, 2.45) is 5.10 Å². The predicted octanol–water partition coefficient (Wildman–Crippen LogP) is 1.47. The van der Waals surface area contributed by atoms with Crippen LogP contribution in [0.25, 0.3) is 0 Å². The van der Waals surface area contributed by atoms with Crippen molar-refractivity contribution in [3.8, 4) is 5.75 Å². The summed E-state index contributed by atoms with van der Waals surface area (Å²) in [6.45, 7) is 1.95. The number of nitrogens with zero attached hydrogens (tertiary/aromatic N) is 2. The lowest BCUT2D eigenvalue weighted by Crippen LogP contribution is -2.38. The van der Waals surface area contributed by atoms with Crippen LogP contribution in [0.3, 0.4) is 0 Å². The summed E-state index contributed by atoms with van der Waals surface area (Å²) in [6, 6.07) is 6.98. The van der Waals surface area contributed by atoms with Crippen molar-refractivity contribution in [3.05, 3.63) is 29.8 Å². The molecule has 0 aliphatic carbocycles. The van der Waals surface area contributed by atoms with Gasteiger partial charge in [0.2, 0.25) is 6.41 Å². The van der Waals surface area contributed by atoms with E-state index in [4.69, 9.17) is 4.74 Å². The Kier molecular flexibility index (Phi) is 3.34. The van der Waals surface area contributed by atoms with Crippen molar-refractivity contribution in [3.63, 3.8) is 0 Å². The maximum Gasteiger partial charge on any atom is 0.232 e. The van der Waals surface area contributed by atoms with Gasteiger partial charge in [0.25, 0.3) is 0 Å². The fourth-order valence-electron chi connectivity index (χ4n) is 2.03. The zero-order valence-electron chi connectivity index (χ0n) is 10.5. The molecule has 5 nitrogen and oxygen atoms in total. The number of hydrogen-bond acceptors (Lipinski definition) is 4. The number of ether oxygens (including phenoxy) is 1. The Labute approximate surface area is 106 Å². The van der Waals surface area contributed by atoms with Crippen molar-refractivity contribution < 1.29 is 14.6 Å². The van der Waals surface area contributed by atoms with Crippen LogP contribution in [0.5, 0.6) is 5.75 Å². The first-order chi connectivity index (χ1) is 8.63. The maximum absolute atomic E-state index is 11.0. The van der Waals surface area contributed by atoms with Crippen LogP contribution >= 0.6 is 0 Å². The summed E-state index contributed by atoms with van der Waals surface area (Å²) in [5.74, 6) is 0.703. The fraction of sp³-hybridized carbons (Fsp3) is 0.385. The molecule has 1 amide bonds. The summed E-state index contributed by atoms with van der Waals surface area (Å²) >= 11 is 0. The molecule has 18 heavy (non-hydrogen) atoms. The lowest BCUT2D eigenvalue weighted by molar-refractivity contribution is -0.143. The number of methoxy groups -OCH3 is 1. The Hall–Kier alpha value is -1.88. The highest BCUT2D eigenvalue weighted by Crippen LogP contribution is 2.35. The molecule has 1 heterocycles. The predicted molar refractivity (Wildman–Crippen MR) is 67.1 cm³/mol. The minimum Gasteiger partial charge on any atom is -0.497 e. The third-order valence-electron chi connectivity index (χ3n) is 3.14. The first-order valence-corrected chi connectivity index (χ1v) is 5.82. The van der Waals surface area contributed by atoms with Crippen LogP contribution in [0.2, 0.25) is 0 Å². The number of hydrazone groups is 1. The van der Waals surface area contributed by atoms with E-state index < -0.39 is 5.72 Å². The largest absolute Gasteiger partial charge is 0.497 e. The lowest BCUT2D eigenvalue weighted by atomic mass is 9.97. The molecule has 0 spiro atoms. The number of hydrogen-bond donors (Lipinski definition) is 1. The van der Waals surface area contributed by atoms with Gasteiger partial charge in [0.15, 0.2) is 5.72 Å². The van der Waals surface area contributed by atoms with E-state index in [2.05, 4.69) is 5.10 Å². The Morgan fingerprint density at radius 1 is 1.50 bits per heavy atom. The molecule has 2 rings (SSSR count). The molecule has 1 aliphatic heterocycles. The van der Waals surface area contributed by atoms with Gasteiger partial charge in [-0.2, -0.15) is 10.1 Å². The lowest BCUT2D eigenvalue weighted by Gasteiger charge is -2.28. The highest BCUT2D eigenvalue weighted by Gasteiger charge is 2.41. The molecule has 0 bridgehead atoms. The number of rotatable bonds is 4. The van der Waals surface area contributed by atoms with E-state index in [1.807, 2.05) is 6.92 Å². The zero-order valence-corrected chi connectivity index (χ0v) is 10.5. The van der Waals surface area contributed by atoms with E-state index in [0.717, 1.165) is 10.7 Å². The van der Waals surface area contributed by atoms with Crippen LogP contribution in [-0.4, -0.2) is 29.3 Å².